The first-order chi connectivity index (χ1) is 9.56. The molecule has 0 saturated carbocycles. The highest BCUT2D eigenvalue weighted by Gasteiger charge is 2.38. The molecule has 2 aliphatic heterocycles. The predicted octanol–water partition coefficient (Wildman–Crippen LogP) is 1.35. The van der Waals surface area contributed by atoms with Crippen LogP contribution in [0.5, 0.6) is 0 Å². The number of likely N-dealkylation sites (N-methyl/N-ethyl adjacent to an activating group) is 1. The molecular formula is C14H22FN5. The Labute approximate surface area is 119 Å². The summed E-state index contributed by atoms with van der Waals surface area (Å²) in [6.07, 6.45) is 4.79. The molecule has 3 heterocycles. The van der Waals surface area contributed by atoms with Crippen molar-refractivity contribution >= 4 is 11.8 Å². The molecule has 1 aromatic rings. The van der Waals surface area contributed by atoms with E-state index in [0.717, 1.165) is 19.5 Å². The minimum atomic E-state index is -0.363. The third-order valence-electron chi connectivity index (χ3n) is 4.35. The van der Waals surface area contributed by atoms with Gasteiger partial charge in [-0.05, 0) is 32.9 Å². The van der Waals surface area contributed by atoms with Crippen LogP contribution >= 0.6 is 0 Å². The normalized spacial score (nSPS) is 26.7. The summed E-state index contributed by atoms with van der Waals surface area (Å²) >= 11 is 0. The van der Waals surface area contributed by atoms with E-state index in [4.69, 9.17) is 0 Å². The molecule has 0 N–H and O–H groups in total. The van der Waals surface area contributed by atoms with Gasteiger partial charge < -0.3 is 14.7 Å². The van der Waals surface area contributed by atoms with Crippen LogP contribution in [0, 0.1) is 5.82 Å². The lowest BCUT2D eigenvalue weighted by Gasteiger charge is -2.29. The lowest BCUT2D eigenvalue weighted by molar-refractivity contribution is 0.315. The van der Waals surface area contributed by atoms with Gasteiger partial charge in [-0.1, -0.05) is 0 Å². The van der Waals surface area contributed by atoms with Crippen LogP contribution in [-0.2, 0) is 0 Å². The van der Waals surface area contributed by atoms with Crippen molar-refractivity contribution in [2.75, 3.05) is 44.0 Å². The Morgan fingerprint density at radius 3 is 2.75 bits per heavy atom. The zero-order valence-corrected chi connectivity index (χ0v) is 12.4. The summed E-state index contributed by atoms with van der Waals surface area (Å²) in [7, 11) is 5.77. The molecule has 2 atom stereocenters. The van der Waals surface area contributed by atoms with Crippen LogP contribution in [0.1, 0.15) is 19.3 Å². The van der Waals surface area contributed by atoms with E-state index in [1.54, 1.807) is 19.0 Å². The largest absolute Gasteiger partial charge is 0.360 e. The minimum absolute atomic E-state index is 0.363. The quantitative estimate of drug-likeness (QED) is 0.817. The number of nitrogens with zero attached hydrogens (tertiary/aromatic N) is 5. The molecule has 1 aromatic heterocycles. The third-order valence-corrected chi connectivity index (χ3v) is 4.35. The molecule has 2 saturated heterocycles. The zero-order valence-electron chi connectivity index (χ0n) is 12.4. The second-order valence-electron chi connectivity index (χ2n) is 6.08. The fourth-order valence-electron chi connectivity index (χ4n) is 3.36. The van der Waals surface area contributed by atoms with Crippen LogP contribution in [0.15, 0.2) is 6.20 Å². The van der Waals surface area contributed by atoms with Gasteiger partial charge >= 0.3 is 0 Å². The van der Waals surface area contributed by atoms with Crippen molar-refractivity contribution in [1.82, 2.24) is 14.9 Å². The van der Waals surface area contributed by atoms with Gasteiger partial charge in [-0.2, -0.15) is 4.98 Å². The Kier molecular flexibility index (Phi) is 3.50. The molecule has 110 valence electrons. The monoisotopic (exact) mass is 279 g/mol. The molecule has 0 spiro atoms. The molecule has 2 bridgehead atoms. The van der Waals surface area contributed by atoms with E-state index >= 15 is 0 Å². The first-order valence-corrected chi connectivity index (χ1v) is 7.23. The fraction of sp³-hybridized carbons (Fsp3) is 0.714. The second-order valence-corrected chi connectivity index (χ2v) is 6.08. The Morgan fingerprint density at radius 2 is 2.00 bits per heavy atom. The first-order valence-electron chi connectivity index (χ1n) is 7.23. The Hall–Kier alpha value is -1.43. The number of fused-ring (bicyclic) bond motifs is 2. The number of anilines is 2. The Balaban J connectivity index is 1.94. The SMILES string of the molecule is CN1CC[C@H]2CC[C@@H](C1)N2c1ncc(F)c(N(C)C)n1. The van der Waals surface area contributed by atoms with E-state index in [2.05, 4.69) is 26.8 Å². The molecule has 0 aromatic carbocycles. The molecule has 5 nitrogen and oxygen atoms in total. The lowest BCUT2D eigenvalue weighted by Crippen LogP contribution is -2.39. The van der Waals surface area contributed by atoms with Gasteiger partial charge in [-0.15, -0.1) is 0 Å². The van der Waals surface area contributed by atoms with Crippen molar-refractivity contribution in [2.24, 2.45) is 0 Å². The summed E-state index contributed by atoms with van der Waals surface area (Å²) in [6, 6.07) is 0.943. The topological polar surface area (TPSA) is 35.5 Å². The van der Waals surface area contributed by atoms with E-state index in [1.165, 1.54) is 19.0 Å². The number of aromatic nitrogens is 2. The van der Waals surface area contributed by atoms with Gasteiger partial charge in [0.2, 0.25) is 5.95 Å². The van der Waals surface area contributed by atoms with Gasteiger partial charge in [0.15, 0.2) is 11.6 Å². The highest BCUT2D eigenvalue weighted by Crippen LogP contribution is 2.33. The van der Waals surface area contributed by atoms with E-state index < -0.39 is 0 Å². The van der Waals surface area contributed by atoms with Crippen LogP contribution in [0.2, 0.25) is 0 Å². The second kappa shape index (κ2) is 5.16. The molecule has 0 aliphatic carbocycles. The van der Waals surface area contributed by atoms with Crippen molar-refractivity contribution in [3.05, 3.63) is 12.0 Å². The highest BCUT2D eigenvalue weighted by atomic mass is 19.1. The average molecular weight is 279 g/mol. The first kappa shape index (κ1) is 13.5. The van der Waals surface area contributed by atoms with Gasteiger partial charge in [0, 0.05) is 32.7 Å². The maximum absolute atomic E-state index is 13.7. The summed E-state index contributed by atoms with van der Waals surface area (Å²) in [5, 5.41) is 0. The standard InChI is InChI=1S/C14H22FN5/c1-18(2)13-12(15)8-16-14(17-13)20-10-4-5-11(20)9-19(3)7-6-10/h8,10-11H,4-7,9H2,1-3H3/t10-,11+/m1/s1. The number of hydrogen-bond acceptors (Lipinski definition) is 5. The van der Waals surface area contributed by atoms with Crippen LogP contribution in [0.4, 0.5) is 16.2 Å². The molecule has 2 fully saturated rings. The van der Waals surface area contributed by atoms with Crippen molar-refractivity contribution in [2.45, 2.75) is 31.3 Å². The highest BCUT2D eigenvalue weighted by molar-refractivity contribution is 5.46. The average Bonchev–Trinajstić information content (AvgIpc) is 2.70. The molecule has 0 radical (unpaired) electrons. The summed E-state index contributed by atoms with van der Waals surface area (Å²) in [5.74, 6) is 0.683. The summed E-state index contributed by atoms with van der Waals surface area (Å²) in [4.78, 5) is 15.1. The summed E-state index contributed by atoms with van der Waals surface area (Å²) < 4.78 is 13.7. The maximum Gasteiger partial charge on any atom is 0.228 e. The maximum atomic E-state index is 13.7. The van der Waals surface area contributed by atoms with Crippen molar-refractivity contribution in [1.29, 1.82) is 0 Å². The number of halogens is 1. The van der Waals surface area contributed by atoms with Crippen molar-refractivity contribution < 1.29 is 4.39 Å². The molecule has 20 heavy (non-hydrogen) atoms. The predicted molar refractivity (Wildman–Crippen MR) is 77.7 cm³/mol. The molecule has 2 aliphatic rings. The van der Waals surface area contributed by atoms with Gasteiger partial charge in [0.05, 0.1) is 6.20 Å². The van der Waals surface area contributed by atoms with E-state index in [-0.39, 0.29) is 5.82 Å². The van der Waals surface area contributed by atoms with Gasteiger partial charge in [0.25, 0.3) is 0 Å². The fourth-order valence-corrected chi connectivity index (χ4v) is 3.36. The number of hydrogen-bond donors (Lipinski definition) is 0. The van der Waals surface area contributed by atoms with Gasteiger partial charge in [-0.3, -0.25) is 0 Å². The van der Waals surface area contributed by atoms with Crippen LogP contribution < -0.4 is 9.80 Å². The van der Waals surface area contributed by atoms with Crippen molar-refractivity contribution in [3.8, 4) is 0 Å². The van der Waals surface area contributed by atoms with E-state index in [9.17, 15) is 4.39 Å². The molecular weight excluding hydrogens is 257 g/mol. The summed E-state index contributed by atoms with van der Waals surface area (Å²) in [6.45, 7) is 2.15. The molecule has 6 heteroatoms. The van der Waals surface area contributed by atoms with Crippen LogP contribution in [0.3, 0.4) is 0 Å². The van der Waals surface area contributed by atoms with Crippen molar-refractivity contribution in [3.63, 3.8) is 0 Å². The molecule has 0 amide bonds. The third kappa shape index (κ3) is 2.32. The number of rotatable bonds is 2. The molecule has 3 rings (SSSR count). The lowest BCUT2D eigenvalue weighted by atomic mass is 10.1. The van der Waals surface area contributed by atoms with E-state index in [0.29, 0.717) is 23.8 Å². The molecule has 0 unspecified atom stereocenters. The van der Waals surface area contributed by atoms with E-state index in [1.807, 2.05) is 0 Å². The smallest absolute Gasteiger partial charge is 0.228 e. The minimum Gasteiger partial charge on any atom is -0.360 e. The van der Waals surface area contributed by atoms with Crippen LogP contribution in [0.25, 0.3) is 0 Å². The zero-order chi connectivity index (χ0) is 14.3. The summed E-state index contributed by atoms with van der Waals surface area (Å²) in [5.41, 5.74) is 0. The van der Waals surface area contributed by atoms with Gasteiger partial charge in [0.1, 0.15) is 0 Å². The van der Waals surface area contributed by atoms with Gasteiger partial charge in [-0.25, -0.2) is 9.37 Å². The Morgan fingerprint density at radius 1 is 1.25 bits per heavy atom. The number of likely N-dealkylation sites (tertiary alicyclic amines) is 1. The van der Waals surface area contributed by atoms with Crippen LogP contribution in [-0.4, -0.2) is 61.2 Å². The Bertz CT molecular complexity index is 492.